The highest BCUT2D eigenvalue weighted by Gasteiger charge is 2.31. The molecule has 0 aliphatic carbocycles. The SMILES string of the molecule is Cc1ccccc1S(=O)(=O)N(C)C[C@@H]1OCc2cnnn2CCCC(=O)N([C@H](C)CO)C[C@@H]1C. The van der Waals surface area contributed by atoms with Gasteiger partial charge in [0, 0.05) is 39.0 Å². The van der Waals surface area contributed by atoms with Gasteiger partial charge in [-0.25, -0.2) is 13.1 Å². The first kappa shape index (κ1) is 26.3. The maximum Gasteiger partial charge on any atom is 0.243 e. The van der Waals surface area contributed by atoms with Crippen molar-refractivity contribution < 1.29 is 23.1 Å². The van der Waals surface area contributed by atoms with Crippen LogP contribution in [0.1, 0.15) is 37.9 Å². The Bertz CT molecular complexity index is 1070. The van der Waals surface area contributed by atoms with E-state index < -0.39 is 16.1 Å². The van der Waals surface area contributed by atoms with Crippen LogP contribution >= 0.6 is 0 Å². The molecule has 0 saturated carbocycles. The number of aliphatic hydroxyl groups excluding tert-OH is 1. The molecule has 188 valence electrons. The summed E-state index contributed by atoms with van der Waals surface area (Å²) in [6.07, 6.45) is 2.04. The van der Waals surface area contributed by atoms with Crippen LogP contribution in [0.25, 0.3) is 0 Å². The Morgan fingerprint density at radius 3 is 2.76 bits per heavy atom. The van der Waals surface area contributed by atoms with Gasteiger partial charge in [-0.1, -0.05) is 30.3 Å². The van der Waals surface area contributed by atoms with Crippen molar-refractivity contribution in [3.63, 3.8) is 0 Å². The lowest BCUT2D eigenvalue weighted by Crippen LogP contribution is -2.47. The second-order valence-electron chi connectivity index (χ2n) is 9.01. The van der Waals surface area contributed by atoms with E-state index in [-0.39, 0.29) is 42.5 Å². The number of ether oxygens (including phenoxy) is 1. The van der Waals surface area contributed by atoms with Gasteiger partial charge in [-0.15, -0.1) is 5.10 Å². The number of fused-ring (bicyclic) bond motifs is 1. The van der Waals surface area contributed by atoms with Gasteiger partial charge in [0.05, 0.1) is 42.1 Å². The molecule has 0 radical (unpaired) electrons. The number of carbonyl (C=O) groups is 1. The van der Waals surface area contributed by atoms with Crippen LogP contribution < -0.4 is 0 Å². The van der Waals surface area contributed by atoms with Crippen molar-refractivity contribution in [2.45, 2.75) is 63.8 Å². The molecular weight excluding hydrogens is 458 g/mol. The third-order valence-corrected chi connectivity index (χ3v) is 8.34. The quantitative estimate of drug-likeness (QED) is 0.647. The summed E-state index contributed by atoms with van der Waals surface area (Å²) in [4.78, 5) is 14.9. The highest BCUT2D eigenvalue weighted by atomic mass is 32.2. The van der Waals surface area contributed by atoms with Crippen LogP contribution in [-0.2, 0) is 32.7 Å². The molecule has 1 amide bonds. The average molecular weight is 494 g/mol. The second kappa shape index (κ2) is 11.4. The van der Waals surface area contributed by atoms with E-state index >= 15 is 0 Å². The van der Waals surface area contributed by atoms with E-state index in [1.807, 2.05) is 6.92 Å². The molecule has 0 saturated heterocycles. The van der Waals surface area contributed by atoms with Crippen molar-refractivity contribution in [3.8, 4) is 0 Å². The molecule has 11 heteroatoms. The second-order valence-corrected chi connectivity index (χ2v) is 11.0. The lowest BCUT2D eigenvalue weighted by Gasteiger charge is -2.35. The Kier molecular flexibility index (Phi) is 8.80. The minimum atomic E-state index is -3.73. The zero-order valence-corrected chi connectivity index (χ0v) is 21.1. The molecule has 2 aromatic rings. The zero-order chi connectivity index (χ0) is 24.9. The number of carbonyl (C=O) groups excluding carboxylic acids is 1. The lowest BCUT2D eigenvalue weighted by molar-refractivity contribution is -0.136. The predicted octanol–water partition coefficient (Wildman–Crippen LogP) is 1.43. The van der Waals surface area contributed by atoms with Crippen molar-refractivity contribution in [3.05, 3.63) is 41.7 Å². The van der Waals surface area contributed by atoms with E-state index in [4.69, 9.17) is 4.74 Å². The van der Waals surface area contributed by atoms with Crippen molar-refractivity contribution in [1.82, 2.24) is 24.2 Å². The number of hydrogen-bond donors (Lipinski definition) is 1. The predicted molar refractivity (Wildman–Crippen MR) is 126 cm³/mol. The minimum Gasteiger partial charge on any atom is -0.394 e. The number of aliphatic hydroxyl groups is 1. The first-order valence-electron chi connectivity index (χ1n) is 11.6. The van der Waals surface area contributed by atoms with Crippen LogP contribution in [0, 0.1) is 12.8 Å². The molecule has 1 N–H and O–H groups in total. The van der Waals surface area contributed by atoms with Crippen molar-refractivity contribution in [2.75, 3.05) is 26.7 Å². The third-order valence-electron chi connectivity index (χ3n) is 6.36. The van der Waals surface area contributed by atoms with Gasteiger partial charge in [-0.2, -0.15) is 4.31 Å². The van der Waals surface area contributed by atoms with Crippen LogP contribution in [0.2, 0.25) is 0 Å². The van der Waals surface area contributed by atoms with Crippen LogP contribution in [0.3, 0.4) is 0 Å². The normalized spacial score (nSPS) is 21.6. The van der Waals surface area contributed by atoms with Crippen LogP contribution in [-0.4, -0.2) is 82.5 Å². The molecule has 10 nitrogen and oxygen atoms in total. The number of amides is 1. The Morgan fingerprint density at radius 2 is 2.06 bits per heavy atom. The van der Waals surface area contributed by atoms with Crippen molar-refractivity contribution in [1.29, 1.82) is 0 Å². The fraction of sp³-hybridized carbons (Fsp3) is 0.609. The first-order valence-corrected chi connectivity index (χ1v) is 13.0. The van der Waals surface area contributed by atoms with Gasteiger partial charge < -0.3 is 14.7 Å². The zero-order valence-electron chi connectivity index (χ0n) is 20.3. The molecule has 0 fully saturated rings. The van der Waals surface area contributed by atoms with Gasteiger partial charge in [-0.05, 0) is 31.9 Å². The number of likely N-dealkylation sites (N-methyl/N-ethyl adjacent to an activating group) is 1. The topological polar surface area (TPSA) is 118 Å². The summed E-state index contributed by atoms with van der Waals surface area (Å²) in [5.41, 5.74) is 1.45. The van der Waals surface area contributed by atoms with E-state index in [1.165, 1.54) is 4.31 Å². The monoisotopic (exact) mass is 493 g/mol. The summed E-state index contributed by atoms with van der Waals surface area (Å²) in [6.45, 7) is 6.55. The molecule has 0 unspecified atom stereocenters. The van der Waals surface area contributed by atoms with Crippen LogP contribution in [0.15, 0.2) is 35.4 Å². The Morgan fingerprint density at radius 1 is 1.32 bits per heavy atom. The van der Waals surface area contributed by atoms with Crippen molar-refractivity contribution in [2.24, 2.45) is 5.92 Å². The molecule has 1 aliphatic heterocycles. The molecule has 1 aliphatic rings. The van der Waals surface area contributed by atoms with Crippen molar-refractivity contribution >= 4 is 15.9 Å². The standard InChI is InChI=1S/C23H35N5O5S/c1-17-8-5-6-9-22(17)34(31,32)26(4)14-21-18(2)13-27(19(3)15-29)23(30)10-7-11-28-20(16-33-21)12-24-25-28/h5-6,8-9,12,18-19,21,29H,7,10-11,13-16H2,1-4H3/t18-,19+,21-/m0/s1. The molecule has 1 aromatic heterocycles. The molecule has 1 aromatic carbocycles. The highest BCUT2D eigenvalue weighted by molar-refractivity contribution is 7.89. The highest BCUT2D eigenvalue weighted by Crippen LogP contribution is 2.22. The van der Waals surface area contributed by atoms with Gasteiger partial charge >= 0.3 is 0 Å². The number of nitrogens with zero attached hydrogens (tertiary/aromatic N) is 5. The fourth-order valence-corrected chi connectivity index (χ4v) is 5.52. The van der Waals surface area contributed by atoms with E-state index in [9.17, 15) is 18.3 Å². The largest absolute Gasteiger partial charge is 0.394 e. The van der Waals surface area contributed by atoms with E-state index in [1.54, 1.807) is 60.9 Å². The molecule has 0 bridgehead atoms. The Hall–Kier alpha value is -2.34. The van der Waals surface area contributed by atoms with Gasteiger partial charge in [-0.3, -0.25) is 4.79 Å². The summed E-state index contributed by atoms with van der Waals surface area (Å²) in [5, 5.41) is 17.8. The summed E-state index contributed by atoms with van der Waals surface area (Å²) < 4.78 is 35.8. The molecule has 3 atom stereocenters. The van der Waals surface area contributed by atoms with Gasteiger partial charge in [0.25, 0.3) is 0 Å². The molecular formula is C23H35N5O5S. The number of rotatable bonds is 6. The van der Waals surface area contributed by atoms with Crippen LogP contribution in [0.5, 0.6) is 0 Å². The smallest absolute Gasteiger partial charge is 0.243 e. The minimum absolute atomic E-state index is 0.0599. The lowest BCUT2D eigenvalue weighted by atomic mass is 10.0. The number of hydrogen-bond acceptors (Lipinski definition) is 7. The van der Waals surface area contributed by atoms with E-state index in [2.05, 4.69) is 10.3 Å². The molecule has 2 heterocycles. The van der Waals surface area contributed by atoms with Crippen LogP contribution in [0.4, 0.5) is 0 Å². The molecule has 3 rings (SSSR count). The van der Waals surface area contributed by atoms with Gasteiger partial charge in [0.15, 0.2) is 0 Å². The summed E-state index contributed by atoms with van der Waals surface area (Å²) >= 11 is 0. The van der Waals surface area contributed by atoms with Gasteiger partial charge in [0.2, 0.25) is 15.9 Å². The first-order chi connectivity index (χ1) is 16.1. The summed E-state index contributed by atoms with van der Waals surface area (Å²) in [7, 11) is -2.19. The summed E-state index contributed by atoms with van der Waals surface area (Å²) in [6, 6.07) is 6.52. The van der Waals surface area contributed by atoms with Gasteiger partial charge in [0.1, 0.15) is 0 Å². The number of sulfonamides is 1. The Balaban J connectivity index is 1.88. The maximum absolute atomic E-state index is 13.3. The molecule has 34 heavy (non-hydrogen) atoms. The van der Waals surface area contributed by atoms with E-state index in [0.717, 1.165) is 5.69 Å². The third kappa shape index (κ3) is 6.01. The number of aryl methyl sites for hydroxylation is 2. The molecule has 0 spiro atoms. The average Bonchev–Trinajstić information content (AvgIpc) is 3.25. The van der Waals surface area contributed by atoms with E-state index in [0.29, 0.717) is 31.5 Å². The number of aromatic nitrogens is 3. The Labute approximate surface area is 201 Å². The maximum atomic E-state index is 13.3. The summed E-state index contributed by atoms with van der Waals surface area (Å²) in [5.74, 6) is -0.258. The fourth-order valence-electron chi connectivity index (χ4n) is 4.11. The number of benzene rings is 1.